The van der Waals surface area contributed by atoms with Gasteiger partial charge >= 0.3 is 5.97 Å². The minimum Gasteiger partial charge on any atom is -0.491 e. The number of hydrogen-bond acceptors (Lipinski definition) is 5. The molecule has 0 radical (unpaired) electrons. The highest BCUT2D eigenvalue weighted by Crippen LogP contribution is 2.30. The van der Waals surface area contributed by atoms with Crippen molar-refractivity contribution in [3.63, 3.8) is 0 Å². The van der Waals surface area contributed by atoms with Gasteiger partial charge in [0.2, 0.25) is 5.78 Å². The summed E-state index contributed by atoms with van der Waals surface area (Å²) >= 11 is 1.40. The summed E-state index contributed by atoms with van der Waals surface area (Å²) in [6.07, 6.45) is 3.41. The number of thiophene rings is 1. The van der Waals surface area contributed by atoms with Crippen LogP contribution in [0.4, 0.5) is 0 Å². The standard InChI is InChI=1S/C26H29NO4S/c1-3-4-6-19-8-10-20(11-9-19)21-12-13-23(31-15-14-27(2)18-25(28)29)22(17-21)26(30)24-7-5-16-32-24/h5,7-13,16-17H,3-4,6,14-15,18H2,1-2H3,(H,28,29). The summed E-state index contributed by atoms with van der Waals surface area (Å²) in [5.74, 6) is -0.447. The van der Waals surface area contributed by atoms with Gasteiger partial charge < -0.3 is 9.84 Å². The normalized spacial score (nSPS) is 11.0. The number of unbranched alkanes of at least 4 members (excludes halogenated alkanes) is 1. The molecular formula is C26H29NO4S. The summed E-state index contributed by atoms with van der Waals surface area (Å²) in [5, 5.41) is 10.8. The van der Waals surface area contributed by atoms with Crippen LogP contribution in [0.5, 0.6) is 5.75 Å². The number of aryl methyl sites for hydroxylation is 1. The van der Waals surface area contributed by atoms with E-state index >= 15 is 0 Å². The molecule has 0 atom stereocenters. The Morgan fingerprint density at radius 1 is 1.06 bits per heavy atom. The zero-order valence-corrected chi connectivity index (χ0v) is 19.4. The van der Waals surface area contributed by atoms with E-state index in [0.717, 1.165) is 17.5 Å². The smallest absolute Gasteiger partial charge is 0.317 e. The number of ketones is 1. The Morgan fingerprint density at radius 2 is 1.81 bits per heavy atom. The third kappa shape index (κ3) is 6.52. The summed E-state index contributed by atoms with van der Waals surface area (Å²) in [7, 11) is 1.72. The second-order valence-electron chi connectivity index (χ2n) is 7.80. The average Bonchev–Trinajstić information content (AvgIpc) is 3.32. The van der Waals surface area contributed by atoms with Crippen molar-refractivity contribution in [1.82, 2.24) is 4.90 Å². The monoisotopic (exact) mass is 451 g/mol. The first kappa shape index (κ1) is 23.7. The lowest BCUT2D eigenvalue weighted by atomic mass is 9.98. The van der Waals surface area contributed by atoms with E-state index in [1.165, 1.54) is 29.7 Å². The Hall–Kier alpha value is -2.96. The zero-order chi connectivity index (χ0) is 22.9. The fraction of sp³-hybridized carbons (Fsp3) is 0.308. The predicted molar refractivity (Wildman–Crippen MR) is 129 cm³/mol. The van der Waals surface area contributed by atoms with Crippen LogP contribution in [0, 0.1) is 0 Å². The van der Waals surface area contributed by atoms with Gasteiger partial charge in [0.05, 0.1) is 17.0 Å². The molecule has 1 N–H and O–H groups in total. The molecule has 0 unspecified atom stereocenters. The van der Waals surface area contributed by atoms with E-state index in [1.54, 1.807) is 11.9 Å². The van der Waals surface area contributed by atoms with Crippen molar-refractivity contribution >= 4 is 23.1 Å². The summed E-state index contributed by atoms with van der Waals surface area (Å²) in [6, 6.07) is 17.8. The molecule has 6 heteroatoms. The number of nitrogens with zero attached hydrogens (tertiary/aromatic N) is 1. The van der Waals surface area contributed by atoms with E-state index in [4.69, 9.17) is 9.84 Å². The van der Waals surface area contributed by atoms with Gasteiger partial charge in [-0.2, -0.15) is 0 Å². The summed E-state index contributed by atoms with van der Waals surface area (Å²) in [5.41, 5.74) is 3.84. The molecule has 1 aromatic heterocycles. The van der Waals surface area contributed by atoms with E-state index in [9.17, 15) is 9.59 Å². The molecule has 0 aliphatic heterocycles. The average molecular weight is 452 g/mol. The topological polar surface area (TPSA) is 66.8 Å². The van der Waals surface area contributed by atoms with E-state index in [0.29, 0.717) is 29.3 Å². The van der Waals surface area contributed by atoms with Crippen LogP contribution in [-0.4, -0.2) is 48.5 Å². The van der Waals surface area contributed by atoms with Crippen LogP contribution in [-0.2, 0) is 11.2 Å². The summed E-state index contributed by atoms with van der Waals surface area (Å²) in [4.78, 5) is 26.3. The minimum absolute atomic E-state index is 0.0580. The Morgan fingerprint density at radius 3 is 2.47 bits per heavy atom. The largest absolute Gasteiger partial charge is 0.491 e. The van der Waals surface area contributed by atoms with Gasteiger partial charge in [-0.15, -0.1) is 11.3 Å². The molecule has 168 valence electrons. The Kier molecular flexibility index (Phi) is 8.59. The number of rotatable bonds is 12. The highest BCUT2D eigenvalue weighted by Gasteiger charge is 2.17. The first-order chi connectivity index (χ1) is 15.5. The van der Waals surface area contributed by atoms with Crippen molar-refractivity contribution in [2.45, 2.75) is 26.2 Å². The lowest BCUT2D eigenvalue weighted by Gasteiger charge is -2.16. The van der Waals surface area contributed by atoms with Gasteiger partial charge in [-0.25, -0.2) is 0 Å². The molecule has 0 amide bonds. The molecule has 5 nitrogen and oxygen atoms in total. The van der Waals surface area contributed by atoms with Gasteiger partial charge in [0, 0.05) is 6.54 Å². The fourth-order valence-electron chi connectivity index (χ4n) is 3.42. The molecule has 3 aromatic rings. The molecule has 3 rings (SSSR count). The zero-order valence-electron chi connectivity index (χ0n) is 18.5. The molecule has 0 saturated heterocycles. The molecular weight excluding hydrogens is 422 g/mol. The molecule has 32 heavy (non-hydrogen) atoms. The van der Waals surface area contributed by atoms with Crippen molar-refractivity contribution in [3.05, 3.63) is 76.0 Å². The van der Waals surface area contributed by atoms with Crippen molar-refractivity contribution in [2.24, 2.45) is 0 Å². The van der Waals surface area contributed by atoms with E-state index < -0.39 is 5.97 Å². The maximum Gasteiger partial charge on any atom is 0.317 e. The third-order valence-electron chi connectivity index (χ3n) is 5.21. The first-order valence-electron chi connectivity index (χ1n) is 10.8. The first-order valence-corrected chi connectivity index (χ1v) is 11.7. The number of hydrogen-bond donors (Lipinski definition) is 1. The number of likely N-dealkylation sites (N-methyl/N-ethyl adjacent to an activating group) is 1. The summed E-state index contributed by atoms with van der Waals surface area (Å²) < 4.78 is 5.91. The van der Waals surface area contributed by atoms with Gasteiger partial charge in [0.15, 0.2) is 0 Å². The van der Waals surface area contributed by atoms with Gasteiger partial charge in [-0.1, -0.05) is 49.7 Å². The maximum absolute atomic E-state index is 13.2. The molecule has 1 heterocycles. The number of benzene rings is 2. The second-order valence-corrected chi connectivity index (χ2v) is 8.75. The van der Waals surface area contributed by atoms with Crippen LogP contribution >= 0.6 is 11.3 Å². The van der Waals surface area contributed by atoms with E-state index in [-0.39, 0.29) is 12.3 Å². The lowest BCUT2D eigenvalue weighted by Crippen LogP contribution is -2.29. The van der Waals surface area contributed by atoms with Crippen LogP contribution in [0.15, 0.2) is 60.0 Å². The lowest BCUT2D eigenvalue weighted by molar-refractivity contribution is -0.138. The van der Waals surface area contributed by atoms with Gasteiger partial charge in [0.1, 0.15) is 12.4 Å². The quantitative estimate of drug-likeness (QED) is 0.374. The van der Waals surface area contributed by atoms with Crippen molar-refractivity contribution in [3.8, 4) is 16.9 Å². The predicted octanol–water partition coefficient (Wildman–Crippen LogP) is 5.38. The fourth-order valence-corrected chi connectivity index (χ4v) is 4.10. The Bertz CT molecular complexity index is 1030. The number of carboxylic acids is 1. The molecule has 0 fully saturated rings. The van der Waals surface area contributed by atoms with Crippen LogP contribution in [0.2, 0.25) is 0 Å². The number of ether oxygens (including phenoxy) is 1. The molecule has 0 aliphatic rings. The Balaban J connectivity index is 1.82. The minimum atomic E-state index is -0.883. The highest BCUT2D eigenvalue weighted by atomic mass is 32.1. The van der Waals surface area contributed by atoms with Gasteiger partial charge in [-0.05, 0) is 60.2 Å². The molecule has 0 saturated carbocycles. The number of carboxylic acid groups (broad SMARTS) is 1. The second kappa shape index (κ2) is 11.6. The van der Waals surface area contributed by atoms with Crippen LogP contribution in [0.3, 0.4) is 0 Å². The SMILES string of the molecule is CCCCc1ccc(-c2ccc(OCCN(C)CC(=O)O)c(C(=O)c3cccs3)c2)cc1. The third-order valence-corrected chi connectivity index (χ3v) is 6.08. The van der Waals surface area contributed by atoms with Crippen LogP contribution < -0.4 is 4.74 Å². The molecule has 0 spiro atoms. The number of aliphatic carboxylic acids is 1. The van der Waals surface area contributed by atoms with Gasteiger partial charge in [-0.3, -0.25) is 14.5 Å². The molecule has 0 aliphatic carbocycles. The van der Waals surface area contributed by atoms with E-state index in [2.05, 4.69) is 31.2 Å². The molecule has 2 aromatic carbocycles. The number of carbonyl (C=O) groups is 2. The summed E-state index contributed by atoms with van der Waals surface area (Å²) in [6.45, 7) is 2.87. The number of carbonyl (C=O) groups excluding carboxylic acids is 1. The van der Waals surface area contributed by atoms with Crippen molar-refractivity contribution in [1.29, 1.82) is 0 Å². The van der Waals surface area contributed by atoms with E-state index in [1.807, 2.05) is 35.7 Å². The highest BCUT2D eigenvalue weighted by molar-refractivity contribution is 7.12. The van der Waals surface area contributed by atoms with Gasteiger partial charge in [0.25, 0.3) is 0 Å². The van der Waals surface area contributed by atoms with Crippen LogP contribution in [0.25, 0.3) is 11.1 Å². The van der Waals surface area contributed by atoms with Crippen molar-refractivity contribution < 1.29 is 19.4 Å². The van der Waals surface area contributed by atoms with Crippen LogP contribution in [0.1, 0.15) is 40.6 Å². The molecule has 0 bridgehead atoms. The Labute approximate surface area is 193 Å². The van der Waals surface area contributed by atoms with Crippen molar-refractivity contribution in [2.75, 3.05) is 26.7 Å². The maximum atomic E-state index is 13.2.